The van der Waals surface area contributed by atoms with Crippen LogP contribution in [0.5, 0.6) is 11.5 Å². The molecule has 2 aromatic carbocycles. The Hall–Kier alpha value is -2.58. The Labute approximate surface area is 165 Å². The number of aryl methyl sites for hydroxylation is 1. The van der Waals surface area contributed by atoms with Gasteiger partial charge in [0.2, 0.25) is 5.91 Å². The molecule has 8 heteroatoms. The van der Waals surface area contributed by atoms with Crippen molar-refractivity contribution in [3.63, 3.8) is 0 Å². The number of carbonyl (C=O) groups is 1. The molecular weight excluding hydrogens is 382 g/mol. The van der Waals surface area contributed by atoms with Crippen molar-refractivity contribution in [2.24, 2.45) is 0 Å². The van der Waals surface area contributed by atoms with Gasteiger partial charge in [-0.1, -0.05) is 17.7 Å². The second kappa shape index (κ2) is 10.1. The van der Waals surface area contributed by atoms with Gasteiger partial charge in [-0.2, -0.15) is 8.42 Å². The minimum atomic E-state index is -3.74. The summed E-state index contributed by atoms with van der Waals surface area (Å²) >= 11 is 0. The Morgan fingerprint density at radius 1 is 1.00 bits per heavy atom. The number of hydrogen-bond donors (Lipinski definition) is 1. The van der Waals surface area contributed by atoms with Crippen LogP contribution >= 0.6 is 0 Å². The van der Waals surface area contributed by atoms with Gasteiger partial charge in [-0.15, -0.1) is 0 Å². The van der Waals surface area contributed by atoms with Gasteiger partial charge in [-0.05, 0) is 44.0 Å². The third-order valence-electron chi connectivity index (χ3n) is 3.83. The highest BCUT2D eigenvalue weighted by atomic mass is 32.2. The molecule has 0 aliphatic rings. The number of anilines is 1. The van der Waals surface area contributed by atoms with Crippen molar-refractivity contribution < 1.29 is 26.9 Å². The van der Waals surface area contributed by atoms with Gasteiger partial charge in [-0.25, -0.2) is 0 Å². The van der Waals surface area contributed by atoms with Crippen LogP contribution in [0, 0.1) is 6.92 Å². The zero-order valence-electron chi connectivity index (χ0n) is 16.2. The highest BCUT2D eigenvalue weighted by Crippen LogP contribution is 2.30. The smallest absolute Gasteiger partial charge is 0.296 e. The molecule has 0 unspecified atom stereocenters. The first-order chi connectivity index (χ1) is 13.3. The molecule has 1 amide bonds. The van der Waals surface area contributed by atoms with Crippen molar-refractivity contribution in [2.45, 2.75) is 31.6 Å². The highest BCUT2D eigenvalue weighted by Gasteiger charge is 2.14. The molecule has 28 heavy (non-hydrogen) atoms. The number of benzene rings is 2. The van der Waals surface area contributed by atoms with Gasteiger partial charge in [0.1, 0.15) is 0 Å². The van der Waals surface area contributed by atoms with E-state index in [0.29, 0.717) is 36.6 Å². The van der Waals surface area contributed by atoms with Crippen molar-refractivity contribution in [2.75, 3.05) is 25.6 Å². The molecule has 152 valence electrons. The Morgan fingerprint density at radius 2 is 1.68 bits per heavy atom. The predicted molar refractivity (Wildman–Crippen MR) is 106 cm³/mol. The monoisotopic (exact) mass is 407 g/mol. The topological polar surface area (TPSA) is 90.9 Å². The Balaban J connectivity index is 1.77. The molecule has 0 spiro atoms. The van der Waals surface area contributed by atoms with E-state index in [2.05, 4.69) is 5.32 Å². The second-order valence-corrected chi connectivity index (χ2v) is 7.81. The van der Waals surface area contributed by atoms with Gasteiger partial charge >= 0.3 is 0 Å². The number of ether oxygens (including phenoxy) is 2. The van der Waals surface area contributed by atoms with Gasteiger partial charge in [0.25, 0.3) is 10.1 Å². The van der Waals surface area contributed by atoms with Gasteiger partial charge in [0, 0.05) is 18.7 Å². The summed E-state index contributed by atoms with van der Waals surface area (Å²) in [6.07, 6.45) is 1.14. The van der Waals surface area contributed by atoms with Crippen molar-refractivity contribution in [1.82, 2.24) is 0 Å². The number of rotatable bonds is 10. The van der Waals surface area contributed by atoms with Crippen LogP contribution < -0.4 is 14.8 Å². The molecule has 0 atom stereocenters. The van der Waals surface area contributed by atoms with Gasteiger partial charge in [0.05, 0.1) is 25.2 Å². The SMILES string of the molecule is COc1cc(NC(C)=O)ccc1OCCCCOS(=O)(=O)c1ccc(C)cc1. The van der Waals surface area contributed by atoms with E-state index >= 15 is 0 Å². The lowest BCUT2D eigenvalue weighted by atomic mass is 10.2. The Bertz CT molecular complexity index is 893. The molecule has 0 aromatic heterocycles. The lowest BCUT2D eigenvalue weighted by molar-refractivity contribution is -0.114. The first kappa shape index (κ1) is 21.7. The lowest BCUT2D eigenvalue weighted by Gasteiger charge is -2.12. The standard InChI is InChI=1S/C20H25NO6S/c1-15-6-9-18(10-7-15)28(23,24)27-13-5-4-12-26-19-11-8-17(21-16(2)22)14-20(19)25-3/h6-11,14H,4-5,12-13H2,1-3H3,(H,21,22). The van der Waals surface area contributed by atoms with E-state index in [9.17, 15) is 13.2 Å². The lowest BCUT2D eigenvalue weighted by Crippen LogP contribution is -2.09. The summed E-state index contributed by atoms with van der Waals surface area (Å²) in [4.78, 5) is 11.3. The van der Waals surface area contributed by atoms with Gasteiger partial charge < -0.3 is 14.8 Å². The number of amides is 1. The molecule has 7 nitrogen and oxygen atoms in total. The predicted octanol–water partition coefficient (Wildman–Crippen LogP) is 3.53. The van der Waals surface area contributed by atoms with E-state index in [-0.39, 0.29) is 17.4 Å². The maximum atomic E-state index is 12.1. The summed E-state index contributed by atoms with van der Waals surface area (Å²) in [5.74, 6) is 0.880. The summed E-state index contributed by atoms with van der Waals surface area (Å²) < 4.78 is 40.2. The molecule has 0 radical (unpaired) electrons. The average molecular weight is 407 g/mol. The third-order valence-corrected chi connectivity index (χ3v) is 5.15. The van der Waals surface area contributed by atoms with Crippen molar-refractivity contribution in [3.8, 4) is 11.5 Å². The molecule has 0 bridgehead atoms. The zero-order valence-corrected chi connectivity index (χ0v) is 17.0. The van der Waals surface area contributed by atoms with Crippen LogP contribution in [0.3, 0.4) is 0 Å². The fraction of sp³-hybridized carbons (Fsp3) is 0.350. The summed E-state index contributed by atoms with van der Waals surface area (Å²) in [6.45, 7) is 3.78. The van der Waals surface area contributed by atoms with Crippen LogP contribution in [0.1, 0.15) is 25.3 Å². The quantitative estimate of drug-likeness (QED) is 0.479. The van der Waals surface area contributed by atoms with E-state index in [4.69, 9.17) is 13.7 Å². The number of methoxy groups -OCH3 is 1. The Morgan fingerprint density at radius 3 is 2.32 bits per heavy atom. The normalized spacial score (nSPS) is 11.1. The van der Waals surface area contributed by atoms with Crippen LogP contribution in [0.2, 0.25) is 0 Å². The average Bonchev–Trinajstić information content (AvgIpc) is 2.65. The molecule has 0 saturated carbocycles. The molecule has 2 rings (SSSR count). The van der Waals surface area contributed by atoms with E-state index in [1.807, 2.05) is 6.92 Å². The number of unbranched alkanes of at least 4 members (excludes halogenated alkanes) is 1. The minimum Gasteiger partial charge on any atom is -0.493 e. The molecule has 0 aliphatic heterocycles. The van der Waals surface area contributed by atoms with Crippen LogP contribution in [-0.2, 0) is 19.1 Å². The number of hydrogen-bond acceptors (Lipinski definition) is 6. The number of nitrogens with one attached hydrogen (secondary N) is 1. The van der Waals surface area contributed by atoms with E-state index in [1.54, 1.807) is 30.3 Å². The van der Waals surface area contributed by atoms with Crippen LogP contribution in [0.15, 0.2) is 47.4 Å². The van der Waals surface area contributed by atoms with Gasteiger partial charge in [-0.3, -0.25) is 8.98 Å². The molecule has 0 heterocycles. The fourth-order valence-electron chi connectivity index (χ4n) is 2.40. The zero-order chi connectivity index (χ0) is 20.6. The van der Waals surface area contributed by atoms with Crippen LogP contribution in [-0.4, -0.2) is 34.6 Å². The van der Waals surface area contributed by atoms with E-state index in [1.165, 1.54) is 26.2 Å². The molecule has 0 aliphatic carbocycles. The third kappa shape index (κ3) is 6.54. The first-order valence-corrected chi connectivity index (χ1v) is 10.3. The summed E-state index contributed by atoms with van der Waals surface area (Å²) in [5.41, 5.74) is 1.60. The maximum absolute atomic E-state index is 12.1. The van der Waals surface area contributed by atoms with Gasteiger partial charge in [0.15, 0.2) is 11.5 Å². The molecule has 1 N–H and O–H groups in total. The molecule has 0 saturated heterocycles. The second-order valence-electron chi connectivity index (χ2n) is 6.19. The van der Waals surface area contributed by atoms with Crippen molar-refractivity contribution in [3.05, 3.63) is 48.0 Å². The molecule has 2 aromatic rings. The van der Waals surface area contributed by atoms with E-state index < -0.39 is 10.1 Å². The summed E-state index contributed by atoms with van der Waals surface area (Å²) in [7, 11) is -2.22. The summed E-state index contributed by atoms with van der Waals surface area (Å²) in [6, 6.07) is 11.6. The largest absolute Gasteiger partial charge is 0.493 e. The van der Waals surface area contributed by atoms with Crippen LogP contribution in [0.4, 0.5) is 5.69 Å². The van der Waals surface area contributed by atoms with E-state index in [0.717, 1.165) is 5.56 Å². The number of carbonyl (C=O) groups excluding carboxylic acids is 1. The van der Waals surface area contributed by atoms with Crippen LogP contribution in [0.25, 0.3) is 0 Å². The first-order valence-electron chi connectivity index (χ1n) is 8.86. The highest BCUT2D eigenvalue weighted by molar-refractivity contribution is 7.86. The fourth-order valence-corrected chi connectivity index (χ4v) is 3.34. The maximum Gasteiger partial charge on any atom is 0.296 e. The molecular formula is C20H25NO6S. The summed E-state index contributed by atoms with van der Waals surface area (Å²) in [5, 5.41) is 2.67. The van der Waals surface area contributed by atoms with Crippen molar-refractivity contribution >= 4 is 21.7 Å². The minimum absolute atomic E-state index is 0.0815. The van der Waals surface area contributed by atoms with Crippen molar-refractivity contribution in [1.29, 1.82) is 0 Å². The molecule has 0 fully saturated rings. The Kier molecular flexibility index (Phi) is 7.83.